The molecule has 1 amide bonds. The molecule has 0 saturated carbocycles. The number of carbonyl (C=O) groups excluding carboxylic acids is 1. The first kappa shape index (κ1) is 19.1. The lowest BCUT2D eigenvalue weighted by Crippen LogP contribution is -2.25. The van der Waals surface area contributed by atoms with Crippen LogP contribution in [0.4, 0.5) is 4.79 Å². The van der Waals surface area contributed by atoms with Crippen LogP contribution in [0.2, 0.25) is 0 Å². The summed E-state index contributed by atoms with van der Waals surface area (Å²) < 4.78 is 10.8. The van der Waals surface area contributed by atoms with Crippen LogP contribution in [0.3, 0.4) is 0 Å². The summed E-state index contributed by atoms with van der Waals surface area (Å²) in [5.41, 5.74) is 5.85. The van der Waals surface area contributed by atoms with Gasteiger partial charge >= 0.3 is 6.09 Å². The van der Waals surface area contributed by atoms with Gasteiger partial charge in [0.15, 0.2) is 5.82 Å². The fourth-order valence-corrected chi connectivity index (χ4v) is 4.01. The zero-order valence-corrected chi connectivity index (χ0v) is 16.8. The number of hydrogen-bond donors (Lipinski definition) is 1. The molecule has 1 aliphatic rings. The fraction of sp³-hybridized carbons (Fsp3) is 0.160. The number of aromatic nitrogens is 2. The normalized spacial score (nSPS) is 12.3. The summed E-state index contributed by atoms with van der Waals surface area (Å²) in [6.07, 6.45) is 0.0691. The lowest BCUT2D eigenvalue weighted by Gasteiger charge is -2.14. The third kappa shape index (κ3) is 4.05. The standard InChI is InChI=1S/C25H21N3O3/c29-25(26-15-24-27-23(28-31-24)14-17-8-2-1-3-9-17)30-16-22-20-12-6-4-10-18(20)19-11-5-7-13-21(19)22/h1-13,22H,14-16H2,(H,26,29). The van der Waals surface area contributed by atoms with E-state index in [0.717, 1.165) is 5.56 Å². The number of amides is 1. The largest absolute Gasteiger partial charge is 0.449 e. The molecule has 1 N–H and O–H groups in total. The van der Waals surface area contributed by atoms with E-state index in [9.17, 15) is 4.79 Å². The zero-order valence-electron chi connectivity index (χ0n) is 16.8. The van der Waals surface area contributed by atoms with Gasteiger partial charge in [-0.05, 0) is 27.8 Å². The van der Waals surface area contributed by atoms with Gasteiger partial charge in [0.2, 0.25) is 5.89 Å². The molecule has 5 rings (SSSR count). The Kier molecular flexibility index (Phi) is 5.19. The predicted molar refractivity (Wildman–Crippen MR) is 115 cm³/mol. The van der Waals surface area contributed by atoms with Crippen LogP contribution in [-0.2, 0) is 17.7 Å². The Labute approximate surface area is 179 Å². The summed E-state index contributed by atoms with van der Waals surface area (Å²) in [5.74, 6) is 0.953. The minimum atomic E-state index is -0.510. The molecule has 0 spiro atoms. The molecule has 1 aliphatic carbocycles. The number of alkyl carbamates (subject to hydrolysis) is 1. The third-order valence-corrected chi connectivity index (χ3v) is 5.44. The van der Waals surface area contributed by atoms with E-state index in [4.69, 9.17) is 9.26 Å². The van der Waals surface area contributed by atoms with Crippen LogP contribution in [0.25, 0.3) is 11.1 Å². The molecule has 0 unspecified atom stereocenters. The highest BCUT2D eigenvalue weighted by molar-refractivity contribution is 5.79. The first-order chi connectivity index (χ1) is 15.3. The molecule has 0 bridgehead atoms. The molecule has 0 fully saturated rings. The lowest BCUT2D eigenvalue weighted by molar-refractivity contribution is 0.141. The molecule has 154 valence electrons. The van der Waals surface area contributed by atoms with E-state index in [2.05, 4.69) is 39.7 Å². The average Bonchev–Trinajstić information content (AvgIpc) is 3.39. The number of hydrogen-bond acceptors (Lipinski definition) is 5. The number of carbonyl (C=O) groups is 1. The van der Waals surface area contributed by atoms with E-state index in [1.165, 1.54) is 22.3 Å². The second kappa shape index (κ2) is 8.44. The highest BCUT2D eigenvalue weighted by Gasteiger charge is 2.29. The number of benzene rings is 3. The summed E-state index contributed by atoms with van der Waals surface area (Å²) >= 11 is 0. The van der Waals surface area contributed by atoms with E-state index < -0.39 is 6.09 Å². The van der Waals surface area contributed by atoms with E-state index in [1.54, 1.807) is 0 Å². The summed E-state index contributed by atoms with van der Waals surface area (Å²) in [6.45, 7) is 0.390. The Morgan fingerprint density at radius 2 is 1.55 bits per heavy atom. The molecule has 6 heteroatoms. The van der Waals surface area contributed by atoms with E-state index in [0.29, 0.717) is 18.1 Å². The highest BCUT2D eigenvalue weighted by atomic mass is 16.5. The van der Waals surface area contributed by atoms with Crippen LogP contribution in [0, 0.1) is 0 Å². The van der Waals surface area contributed by atoms with Gasteiger partial charge in [-0.15, -0.1) is 0 Å². The maximum atomic E-state index is 12.3. The summed E-state index contributed by atoms with van der Waals surface area (Å²) in [5, 5.41) is 6.66. The van der Waals surface area contributed by atoms with Crippen molar-refractivity contribution in [3.63, 3.8) is 0 Å². The van der Waals surface area contributed by atoms with Crippen LogP contribution in [0.15, 0.2) is 83.4 Å². The third-order valence-electron chi connectivity index (χ3n) is 5.44. The minimum Gasteiger partial charge on any atom is -0.449 e. The van der Waals surface area contributed by atoms with Crippen molar-refractivity contribution >= 4 is 6.09 Å². The van der Waals surface area contributed by atoms with Crippen molar-refractivity contribution in [2.24, 2.45) is 0 Å². The van der Waals surface area contributed by atoms with Gasteiger partial charge in [-0.1, -0.05) is 84.0 Å². The van der Waals surface area contributed by atoms with Crippen LogP contribution in [0.5, 0.6) is 0 Å². The van der Waals surface area contributed by atoms with Crippen molar-refractivity contribution < 1.29 is 14.1 Å². The molecule has 0 aliphatic heterocycles. The van der Waals surface area contributed by atoms with E-state index >= 15 is 0 Å². The smallest absolute Gasteiger partial charge is 0.407 e. The van der Waals surface area contributed by atoms with Crippen molar-refractivity contribution in [3.05, 3.63) is 107 Å². The lowest BCUT2D eigenvalue weighted by atomic mass is 9.98. The van der Waals surface area contributed by atoms with Crippen molar-refractivity contribution in [1.29, 1.82) is 0 Å². The van der Waals surface area contributed by atoms with Crippen LogP contribution >= 0.6 is 0 Å². The fourth-order valence-electron chi connectivity index (χ4n) is 4.01. The molecule has 4 aromatic rings. The molecular formula is C25H21N3O3. The van der Waals surface area contributed by atoms with Crippen LogP contribution in [-0.4, -0.2) is 22.8 Å². The summed E-state index contributed by atoms with van der Waals surface area (Å²) in [6, 6.07) is 26.4. The summed E-state index contributed by atoms with van der Waals surface area (Å²) in [4.78, 5) is 16.6. The Balaban J connectivity index is 1.17. The number of nitrogens with one attached hydrogen (secondary N) is 1. The van der Waals surface area contributed by atoms with E-state index in [1.807, 2.05) is 54.6 Å². The molecule has 31 heavy (non-hydrogen) atoms. The SMILES string of the molecule is O=C(NCc1nc(Cc2ccccc2)no1)OCC1c2ccccc2-c2ccccc21. The quantitative estimate of drug-likeness (QED) is 0.498. The monoisotopic (exact) mass is 411 g/mol. The van der Waals surface area contributed by atoms with Gasteiger partial charge in [-0.2, -0.15) is 4.98 Å². The molecular weight excluding hydrogens is 390 g/mol. The minimum absolute atomic E-state index is 0.0269. The van der Waals surface area contributed by atoms with Crippen molar-refractivity contribution in [3.8, 4) is 11.1 Å². The van der Waals surface area contributed by atoms with Crippen molar-refractivity contribution in [1.82, 2.24) is 15.5 Å². The van der Waals surface area contributed by atoms with E-state index in [-0.39, 0.29) is 19.1 Å². The highest BCUT2D eigenvalue weighted by Crippen LogP contribution is 2.44. The molecule has 6 nitrogen and oxygen atoms in total. The molecule has 0 radical (unpaired) electrons. The van der Waals surface area contributed by atoms with Gasteiger partial charge in [-0.25, -0.2) is 4.79 Å². The molecule has 1 aromatic heterocycles. The Morgan fingerprint density at radius 3 is 2.26 bits per heavy atom. The Hall–Kier alpha value is -3.93. The van der Waals surface area contributed by atoms with Gasteiger partial charge in [-0.3, -0.25) is 0 Å². The van der Waals surface area contributed by atoms with Crippen LogP contribution in [0.1, 0.15) is 34.3 Å². The van der Waals surface area contributed by atoms with Crippen molar-refractivity contribution in [2.75, 3.05) is 6.61 Å². The molecule has 3 aromatic carbocycles. The molecule has 1 heterocycles. The maximum absolute atomic E-state index is 12.3. The maximum Gasteiger partial charge on any atom is 0.407 e. The Bertz CT molecular complexity index is 1160. The Morgan fingerprint density at radius 1 is 0.903 bits per heavy atom. The molecule has 0 saturated heterocycles. The van der Waals surface area contributed by atoms with Gasteiger partial charge < -0.3 is 14.6 Å². The van der Waals surface area contributed by atoms with Crippen LogP contribution < -0.4 is 5.32 Å². The van der Waals surface area contributed by atoms with Gasteiger partial charge in [0.25, 0.3) is 0 Å². The number of rotatable bonds is 6. The number of nitrogens with zero attached hydrogens (tertiary/aromatic N) is 2. The number of ether oxygens (including phenoxy) is 1. The first-order valence-electron chi connectivity index (χ1n) is 10.2. The number of fused-ring (bicyclic) bond motifs is 3. The second-order valence-electron chi connectivity index (χ2n) is 7.45. The van der Waals surface area contributed by atoms with Gasteiger partial charge in [0.1, 0.15) is 13.2 Å². The second-order valence-corrected chi connectivity index (χ2v) is 7.45. The zero-order chi connectivity index (χ0) is 21.0. The van der Waals surface area contributed by atoms with Gasteiger partial charge in [0, 0.05) is 12.3 Å². The molecule has 0 atom stereocenters. The topological polar surface area (TPSA) is 77.3 Å². The van der Waals surface area contributed by atoms with Gasteiger partial charge in [0.05, 0.1) is 0 Å². The average molecular weight is 411 g/mol. The first-order valence-corrected chi connectivity index (χ1v) is 10.2. The predicted octanol–water partition coefficient (Wildman–Crippen LogP) is 4.70. The summed E-state index contributed by atoms with van der Waals surface area (Å²) in [7, 11) is 0. The van der Waals surface area contributed by atoms with Crippen molar-refractivity contribution in [2.45, 2.75) is 18.9 Å².